The largest absolute Gasteiger partial charge is 0.361 e. The number of pyridine rings is 1. The molecular formula is C20H21N5O2. The lowest BCUT2D eigenvalue weighted by atomic mass is 10.1. The second-order valence-corrected chi connectivity index (χ2v) is 6.85. The number of aromatic nitrogens is 4. The van der Waals surface area contributed by atoms with Crippen LogP contribution in [0.3, 0.4) is 0 Å². The fourth-order valence-corrected chi connectivity index (χ4v) is 3.67. The van der Waals surface area contributed by atoms with Crippen LogP contribution < -0.4 is 0 Å². The van der Waals surface area contributed by atoms with Crippen molar-refractivity contribution in [2.45, 2.75) is 39.7 Å². The van der Waals surface area contributed by atoms with E-state index in [2.05, 4.69) is 15.1 Å². The Morgan fingerprint density at radius 1 is 1.26 bits per heavy atom. The first-order chi connectivity index (χ1) is 13.1. The van der Waals surface area contributed by atoms with Crippen LogP contribution in [0.15, 0.2) is 35.2 Å². The summed E-state index contributed by atoms with van der Waals surface area (Å²) in [6, 6.07) is 3.64. The third-order valence-electron chi connectivity index (χ3n) is 5.01. The number of nitrogens with zero attached hydrogens (tertiary/aromatic N) is 5. The first kappa shape index (κ1) is 17.3. The number of aryl methyl sites for hydroxylation is 3. The number of hydrogen-bond donors (Lipinski definition) is 0. The molecule has 0 saturated carbocycles. The summed E-state index contributed by atoms with van der Waals surface area (Å²) in [7, 11) is 0. The lowest BCUT2D eigenvalue weighted by Gasteiger charge is -2.24. The first-order valence-corrected chi connectivity index (χ1v) is 9.04. The van der Waals surface area contributed by atoms with E-state index in [9.17, 15) is 4.79 Å². The SMILES string of the molecule is Cc1cccnc1C(=O)N1CCC[C@H]1c1cncc(-c2c(C)noc2C)n1. The Hall–Kier alpha value is -3.09. The molecule has 1 fully saturated rings. The molecule has 1 atom stereocenters. The molecule has 0 bridgehead atoms. The number of carbonyl (C=O) groups excluding carboxylic acids is 1. The molecule has 1 aliphatic rings. The van der Waals surface area contributed by atoms with Gasteiger partial charge >= 0.3 is 0 Å². The highest BCUT2D eigenvalue weighted by molar-refractivity contribution is 5.94. The molecule has 1 saturated heterocycles. The molecule has 0 aromatic carbocycles. The molecule has 0 unspecified atom stereocenters. The van der Waals surface area contributed by atoms with Crippen molar-refractivity contribution in [2.75, 3.05) is 6.54 Å². The van der Waals surface area contributed by atoms with E-state index in [4.69, 9.17) is 9.51 Å². The van der Waals surface area contributed by atoms with Gasteiger partial charge in [0.1, 0.15) is 11.5 Å². The topological polar surface area (TPSA) is 85.0 Å². The number of carbonyl (C=O) groups is 1. The van der Waals surface area contributed by atoms with E-state index < -0.39 is 0 Å². The Labute approximate surface area is 157 Å². The van der Waals surface area contributed by atoms with Crippen LogP contribution in [0.4, 0.5) is 0 Å². The van der Waals surface area contributed by atoms with Crippen molar-refractivity contribution in [1.29, 1.82) is 0 Å². The Morgan fingerprint density at radius 2 is 2.11 bits per heavy atom. The van der Waals surface area contributed by atoms with Crippen LogP contribution in [0.5, 0.6) is 0 Å². The molecule has 138 valence electrons. The van der Waals surface area contributed by atoms with E-state index in [1.54, 1.807) is 18.6 Å². The molecule has 7 nitrogen and oxygen atoms in total. The van der Waals surface area contributed by atoms with E-state index in [0.717, 1.165) is 41.1 Å². The van der Waals surface area contributed by atoms with Gasteiger partial charge in [0.05, 0.1) is 41.1 Å². The van der Waals surface area contributed by atoms with Crippen LogP contribution >= 0.6 is 0 Å². The van der Waals surface area contributed by atoms with Gasteiger partial charge in [-0.25, -0.2) is 4.98 Å². The van der Waals surface area contributed by atoms with Gasteiger partial charge in [0.2, 0.25) is 0 Å². The quantitative estimate of drug-likeness (QED) is 0.709. The van der Waals surface area contributed by atoms with E-state index in [1.807, 2.05) is 37.8 Å². The van der Waals surface area contributed by atoms with Gasteiger partial charge < -0.3 is 9.42 Å². The standard InChI is InChI=1S/C20H21N5O2/c1-12-6-4-8-22-19(12)20(26)25-9-5-7-17(25)15-10-21-11-16(23-15)18-13(2)24-27-14(18)3/h4,6,8,10-11,17H,5,7,9H2,1-3H3/t17-/m0/s1. The fourth-order valence-electron chi connectivity index (χ4n) is 3.67. The Bertz CT molecular complexity index is 978. The van der Waals surface area contributed by atoms with Crippen LogP contribution in [0.2, 0.25) is 0 Å². The van der Waals surface area contributed by atoms with Crippen LogP contribution in [0.25, 0.3) is 11.3 Å². The van der Waals surface area contributed by atoms with Crippen molar-refractivity contribution in [2.24, 2.45) is 0 Å². The van der Waals surface area contributed by atoms with Crippen LogP contribution in [-0.2, 0) is 0 Å². The minimum absolute atomic E-state index is 0.0554. The molecular weight excluding hydrogens is 342 g/mol. The monoisotopic (exact) mass is 363 g/mol. The van der Waals surface area contributed by atoms with Gasteiger partial charge in [-0.1, -0.05) is 11.2 Å². The minimum atomic E-state index is -0.105. The molecule has 3 aromatic rings. The molecule has 0 N–H and O–H groups in total. The zero-order valence-electron chi connectivity index (χ0n) is 15.6. The summed E-state index contributed by atoms with van der Waals surface area (Å²) in [4.78, 5) is 28.4. The van der Waals surface area contributed by atoms with E-state index in [-0.39, 0.29) is 11.9 Å². The lowest BCUT2D eigenvalue weighted by molar-refractivity contribution is 0.0726. The molecule has 7 heteroatoms. The maximum atomic E-state index is 13.1. The third-order valence-corrected chi connectivity index (χ3v) is 5.01. The van der Waals surface area contributed by atoms with Gasteiger partial charge in [-0.05, 0) is 45.2 Å². The molecule has 3 aromatic heterocycles. The Morgan fingerprint density at radius 3 is 2.85 bits per heavy atom. The predicted octanol–water partition coefficient (Wildman–Crippen LogP) is 3.43. The molecule has 1 aliphatic heterocycles. The summed E-state index contributed by atoms with van der Waals surface area (Å²) in [6.45, 7) is 6.34. The van der Waals surface area contributed by atoms with Gasteiger partial charge in [0.25, 0.3) is 5.91 Å². The maximum absolute atomic E-state index is 13.1. The fraction of sp³-hybridized carbons (Fsp3) is 0.350. The highest BCUT2D eigenvalue weighted by Crippen LogP contribution is 2.33. The second kappa shape index (κ2) is 6.90. The smallest absolute Gasteiger partial charge is 0.273 e. The average Bonchev–Trinajstić information content (AvgIpc) is 3.28. The number of likely N-dealkylation sites (tertiary alicyclic amines) is 1. The molecule has 4 heterocycles. The molecule has 1 amide bonds. The summed E-state index contributed by atoms with van der Waals surface area (Å²) in [5.74, 6) is 0.655. The van der Waals surface area contributed by atoms with E-state index >= 15 is 0 Å². The first-order valence-electron chi connectivity index (χ1n) is 9.04. The Balaban J connectivity index is 1.68. The van der Waals surface area contributed by atoms with E-state index in [1.165, 1.54) is 0 Å². The minimum Gasteiger partial charge on any atom is -0.361 e. The van der Waals surface area contributed by atoms with E-state index in [0.29, 0.717) is 18.0 Å². The third kappa shape index (κ3) is 3.09. The summed E-state index contributed by atoms with van der Waals surface area (Å²) < 4.78 is 5.25. The zero-order chi connectivity index (χ0) is 19.0. The zero-order valence-corrected chi connectivity index (χ0v) is 15.6. The normalized spacial score (nSPS) is 16.7. The van der Waals surface area contributed by atoms with Gasteiger partial charge in [0, 0.05) is 12.7 Å². The van der Waals surface area contributed by atoms with Gasteiger partial charge in [0.15, 0.2) is 0 Å². The van der Waals surface area contributed by atoms with Crippen molar-refractivity contribution in [3.8, 4) is 11.3 Å². The van der Waals surface area contributed by atoms with Crippen LogP contribution in [0, 0.1) is 20.8 Å². The number of hydrogen-bond acceptors (Lipinski definition) is 6. The van der Waals surface area contributed by atoms with Crippen molar-refractivity contribution in [3.63, 3.8) is 0 Å². The summed E-state index contributed by atoms with van der Waals surface area (Å²) in [5, 5.41) is 4.00. The lowest BCUT2D eigenvalue weighted by Crippen LogP contribution is -2.32. The summed E-state index contributed by atoms with van der Waals surface area (Å²) in [5.41, 5.74) is 4.52. The average molecular weight is 363 g/mol. The Kier molecular flexibility index (Phi) is 4.43. The number of rotatable bonds is 3. The highest BCUT2D eigenvalue weighted by atomic mass is 16.5. The van der Waals surface area contributed by atoms with Crippen LogP contribution in [0.1, 0.15) is 52.1 Å². The van der Waals surface area contributed by atoms with Crippen molar-refractivity contribution >= 4 is 5.91 Å². The van der Waals surface area contributed by atoms with Crippen molar-refractivity contribution < 1.29 is 9.32 Å². The molecule has 4 rings (SSSR count). The molecule has 0 aliphatic carbocycles. The highest BCUT2D eigenvalue weighted by Gasteiger charge is 2.33. The summed E-state index contributed by atoms with van der Waals surface area (Å²) in [6.07, 6.45) is 6.89. The van der Waals surface area contributed by atoms with Crippen molar-refractivity contribution in [3.05, 3.63) is 59.1 Å². The molecule has 27 heavy (non-hydrogen) atoms. The predicted molar refractivity (Wildman–Crippen MR) is 99.0 cm³/mol. The molecule has 0 radical (unpaired) electrons. The van der Waals surface area contributed by atoms with Gasteiger partial charge in [-0.15, -0.1) is 0 Å². The van der Waals surface area contributed by atoms with Crippen molar-refractivity contribution in [1.82, 2.24) is 25.0 Å². The molecule has 0 spiro atoms. The number of amides is 1. The maximum Gasteiger partial charge on any atom is 0.273 e. The second-order valence-electron chi connectivity index (χ2n) is 6.85. The van der Waals surface area contributed by atoms with Gasteiger partial charge in [-0.3, -0.25) is 14.8 Å². The summed E-state index contributed by atoms with van der Waals surface area (Å²) >= 11 is 0. The van der Waals surface area contributed by atoms with Crippen LogP contribution in [-0.4, -0.2) is 37.5 Å². The van der Waals surface area contributed by atoms with Gasteiger partial charge in [-0.2, -0.15) is 0 Å².